The Kier molecular flexibility index (Phi) is 7.37. The molecule has 0 radical (unpaired) electrons. The standard InChI is InChI=1S/C17H19N5O9S/c1-7(23)19-14-10(24)5-12(17(27)28)31-16(14)15(26)11(25)6-32-13-3-2-8(20-21-18)4-9(13)22(29)30/h2-5,10-11,14-16,24-26H,6H2,1H3,(H,19,23)(H,27,28)/i2T,4T. The van der Waals surface area contributed by atoms with Crippen LogP contribution in [-0.2, 0) is 14.3 Å². The molecule has 0 aromatic heterocycles. The number of nitrogens with zero attached hydrogens (tertiary/aromatic N) is 4. The van der Waals surface area contributed by atoms with E-state index in [1.165, 1.54) is 0 Å². The summed E-state index contributed by atoms with van der Waals surface area (Å²) in [7, 11) is 0. The van der Waals surface area contributed by atoms with E-state index in [9.17, 15) is 35.0 Å². The van der Waals surface area contributed by atoms with Crippen molar-refractivity contribution < 1.29 is 42.4 Å². The highest BCUT2D eigenvalue weighted by atomic mass is 32.2. The van der Waals surface area contributed by atoms with Crippen molar-refractivity contribution in [1.29, 1.82) is 0 Å². The Bertz CT molecular complexity index is 1080. The molecule has 1 aromatic rings. The van der Waals surface area contributed by atoms with Crippen molar-refractivity contribution >= 4 is 35.0 Å². The third kappa shape index (κ3) is 6.09. The predicted molar refractivity (Wildman–Crippen MR) is 109 cm³/mol. The van der Waals surface area contributed by atoms with Crippen molar-refractivity contribution in [2.45, 2.75) is 42.3 Å². The average molecular weight is 473 g/mol. The van der Waals surface area contributed by atoms with E-state index >= 15 is 0 Å². The molecule has 1 heterocycles. The molecule has 1 aliphatic rings. The molecule has 0 bridgehead atoms. The minimum atomic E-state index is -1.88. The van der Waals surface area contributed by atoms with Crippen molar-refractivity contribution in [1.82, 2.24) is 5.32 Å². The van der Waals surface area contributed by atoms with E-state index < -0.39 is 82.2 Å². The molecule has 0 saturated carbocycles. The second-order valence-electron chi connectivity index (χ2n) is 6.43. The Morgan fingerprint density at radius 3 is 2.78 bits per heavy atom. The summed E-state index contributed by atoms with van der Waals surface area (Å²) < 4.78 is 20.8. The van der Waals surface area contributed by atoms with E-state index in [2.05, 4.69) is 15.3 Å². The largest absolute Gasteiger partial charge is 0.478 e. The minimum absolute atomic E-state index is 0.239. The lowest BCUT2D eigenvalue weighted by Crippen LogP contribution is -2.59. The smallest absolute Gasteiger partial charge is 0.370 e. The first-order valence-electron chi connectivity index (χ1n) is 9.78. The first-order chi connectivity index (χ1) is 15.9. The Morgan fingerprint density at radius 1 is 1.53 bits per heavy atom. The number of nitrogens with one attached hydrogen (secondary N) is 1. The summed E-state index contributed by atoms with van der Waals surface area (Å²) in [6, 6.07) is -1.66. The van der Waals surface area contributed by atoms with E-state index in [1.807, 2.05) is 0 Å². The maximum Gasteiger partial charge on any atom is 0.370 e. The summed E-state index contributed by atoms with van der Waals surface area (Å²) in [5, 5.41) is 57.2. The van der Waals surface area contributed by atoms with Gasteiger partial charge in [-0.25, -0.2) is 4.79 Å². The number of nitro groups is 1. The molecule has 0 aliphatic carbocycles. The number of carboxylic acid groups (broad SMARTS) is 1. The number of aliphatic carboxylic acids is 1. The van der Waals surface area contributed by atoms with E-state index in [0.29, 0.717) is 11.8 Å². The van der Waals surface area contributed by atoms with Gasteiger partial charge >= 0.3 is 5.97 Å². The zero-order chi connectivity index (χ0) is 25.7. The third-order valence-corrected chi connectivity index (χ3v) is 5.30. The summed E-state index contributed by atoms with van der Waals surface area (Å²) in [6.45, 7) is 1.11. The number of azide groups is 1. The van der Waals surface area contributed by atoms with Crippen LogP contribution in [0.5, 0.6) is 0 Å². The van der Waals surface area contributed by atoms with Crippen LogP contribution in [0.4, 0.5) is 11.4 Å². The topological polar surface area (TPSA) is 228 Å². The Hall–Kier alpha value is -3.36. The summed E-state index contributed by atoms with van der Waals surface area (Å²) in [5.74, 6) is -3.39. The molecule has 5 N–H and O–H groups in total. The molecule has 0 fully saturated rings. The van der Waals surface area contributed by atoms with Gasteiger partial charge in [-0.15, -0.1) is 11.8 Å². The molecule has 15 heteroatoms. The van der Waals surface area contributed by atoms with Gasteiger partial charge in [-0.2, -0.15) is 0 Å². The number of aliphatic hydroxyl groups excluding tert-OH is 3. The molecular weight excluding hydrogens is 450 g/mol. The number of benzene rings is 1. The minimum Gasteiger partial charge on any atom is -0.478 e. The number of hydrogen-bond donors (Lipinski definition) is 5. The van der Waals surface area contributed by atoms with Gasteiger partial charge in [0.25, 0.3) is 5.69 Å². The Balaban J connectivity index is 2.29. The van der Waals surface area contributed by atoms with Crippen LogP contribution in [0.1, 0.15) is 9.67 Å². The van der Waals surface area contributed by atoms with Gasteiger partial charge in [0.1, 0.15) is 12.2 Å². The van der Waals surface area contributed by atoms with Crippen LogP contribution in [0.25, 0.3) is 10.4 Å². The first kappa shape index (κ1) is 21.9. The number of ether oxygens (including phenoxy) is 1. The van der Waals surface area contributed by atoms with Crippen LogP contribution in [0.3, 0.4) is 0 Å². The molecule has 1 amide bonds. The highest BCUT2D eigenvalue weighted by molar-refractivity contribution is 7.99. The molecule has 172 valence electrons. The van der Waals surface area contributed by atoms with Gasteiger partial charge in [-0.3, -0.25) is 14.9 Å². The number of carbonyl (C=O) groups excluding carboxylic acids is 1. The number of nitro benzene ring substituents is 1. The highest BCUT2D eigenvalue weighted by Crippen LogP contribution is 2.34. The maximum absolute atomic E-state index is 11.5. The molecule has 2 rings (SSSR count). The Morgan fingerprint density at radius 2 is 2.22 bits per heavy atom. The summed E-state index contributed by atoms with van der Waals surface area (Å²) in [6.07, 6.45) is -5.98. The average Bonchev–Trinajstić information content (AvgIpc) is 2.74. The molecule has 0 saturated heterocycles. The van der Waals surface area contributed by atoms with E-state index in [-0.39, 0.29) is 4.90 Å². The van der Waals surface area contributed by atoms with E-state index in [0.717, 1.165) is 19.1 Å². The molecule has 5 atom stereocenters. The van der Waals surface area contributed by atoms with Gasteiger partial charge in [-0.05, 0) is 17.7 Å². The third-order valence-electron chi connectivity index (χ3n) is 4.17. The SMILES string of the molecule is [3H]c1cc(SCC(O)C(O)C2OC(C(=O)O)=CC(O)C2NC(C)=O)c([N+](=O)[O-])c([3H])c1N=[N+]=[N-]. The van der Waals surface area contributed by atoms with Gasteiger partial charge in [0, 0.05) is 29.3 Å². The molecule has 14 nitrogen and oxygen atoms in total. The molecular formula is C17H19N5O9S. The fourth-order valence-corrected chi connectivity index (χ4v) is 3.72. The fourth-order valence-electron chi connectivity index (χ4n) is 2.77. The maximum atomic E-state index is 11.5. The van der Waals surface area contributed by atoms with E-state index in [1.54, 1.807) is 0 Å². The predicted octanol–water partition coefficient (Wildman–Crippen LogP) is 0.583. The number of carbonyl (C=O) groups is 2. The normalized spacial score (nSPS) is 22.8. The van der Waals surface area contributed by atoms with Gasteiger partial charge in [0.15, 0.2) is 6.10 Å². The van der Waals surface area contributed by atoms with Crippen molar-refractivity contribution in [2.24, 2.45) is 5.11 Å². The monoisotopic (exact) mass is 473 g/mol. The summed E-state index contributed by atoms with van der Waals surface area (Å²) in [4.78, 5) is 35.4. The molecule has 32 heavy (non-hydrogen) atoms. The lowest BCUT2D eigenvalue weighted by Gasteiger charge is -2.38. The van der Waals surface area contributed by atoms with Crippen molar-refractivity contribution in [3.05, 3.63) is 50.5 Å². The van der Waals surface area contributed by atoms with Crippen molar-refractivity contribution in [2.75, 3.05) is 5.75 Å². The van der Waals surface area contributed by atoms with Crippen LogP contribution >= 0.6 is 11.8 Å². The number of thioether (sulfide) groups is 1. The molecule has 0 spiro atoms. The van der Waals surface area contributed by atoms with Crippen LogP contribution < -0.4 is 5.32 Å². The number of amides is 1. The van der Waals surface area contributed by atoms with Crippen LogP contribution in [0.2, 0.25) is 0 Å². The number of carboxylic acids is 1. The van der Waals surface area contributed by atoms with Gasteiger partial charge in [0.05, 0.1) is 24.7 Å². The van der Waals surface area contributed by atoms with Gasteiger partial charge < -0.3 is 30.5 Å². The van der Waals surface area contributed by atoms with E-state index in [4.69, 9.17) is 18.1 Å². The Labute approximate surface area is 187 Å². The number of hydrogen-bond acceptors (Lipinski definition) is 10. The number of aliphatic hydroxyl groups is 3. The second-order valence-corrected chi connectivity index (χ2v) is 7.49. The van der Waals surface area contributed by atoms with Crippen LogP contribution in [0.15, 0.2) is 40.0 Å². The van der Waals surface area contributed by atoms with Crippen LogP contribution in [0, 0.1) is 10.1 Å². The fraction of sp³-hybridized carbons (Fsp3) is 0.412. The van der Waals surface area contributed by atoms with Crippen molar-refractivity contribution in [3.8, 4) is 0 Å². The molecule has 1 aliphatic heterocycles. The van der Waals surface area contributed by atoms with Crippen molar-refractivity contribution in [3.63, 3.8) is 0 Å². The molecule has 1 aromatic carbocycles. The van der Waals surface area contributed by atoms with Crippen LogP contribution in [-0.4, -0.2) is 73.4 Å². The zero-order valence-electron chi connectivity index (χ0n) is 18.3. The summed E-state index contributed by atoms with van der Waals surface area (Å²) >= 11 is 0.591. The number of rotatable bonds is 9. The van der Waals surface area contributed by atoms with Gasteiger partial charge in [0.2, 0.25) is 11.7 Å². The zero-order valence-corrected chi connectivity index (χ0v) is 17.1. The lowest BCUT2D eigenvalue weighted by molar-refractivity contribution is -0.387. The quantitative estimate of drug-likeness (QED) is 0.0836. The lowest BCUT2D eigenvalue weighted by atomic mass is 9.94. The summed E-state index contributed by atoms with van der Waals surface area (Å²) in [5.41, 5.74) is 7.18. The second kappa shape index (κ2) is 10.8. The molecule has 5 unspecified atom stereocenters. The first-order valence-corrected chi connectivity index (χ1v) is 9.77. The van der Waals surface area contributed by atoms with Gasteiger partial charge in [-0.1, -0.05) is 11.2 Å². The highest BCUT2D eigenvalue weighted by Gasteiger charge is 2.43.